The van der Waals surface area contributed by atoms with Gasteiger partial charge in [0.1, 0.15) is 0 Å². The van der Waals surface area contributed by atoms with Crippen molar-refractivity contribution in [2.24, 2.45) is 0 Å². The van der Waals surface area contributed by atoms with Gasteiger partial charge in [0.2, 0.25) is 0 Å². The Kier molecular flexibility index (Phi) is 4.96. The van der Waals surface area contributed by atoms with Crippen molar-refractivity contribution in [3.05, 3.63) is 33.8 Å². The van der Waals surface area contributed by atoms with E-state index >= 15 is 0 Å². The van der Waals surface area contributed by atoms with Crippen LogP contribution in [0, 0.1) is 0 Å². The van der Waals surface area contributed by atoms with E-state index in [1.54, 1.807) is 6.07 Å². The van der Waals surface area contributed by atoms with Gasteiger partial charge in [-0.15, -0.1) is 0 Å². The van der Waals surface area contributed by atoms with Crippen molar-refractivity contribution in [2.45, 2.75) is 6.54 Å². The predicted octanol–water partition coefficient (Wildman–Crippen LogP) is 3.01. The zero-order valence-electron chi connectivity index (χ0n) is 7.06. The Morgan fingerprint density at radius 2 is 2.08 bits per heavy atom. The Labute approximate surface area is 93.8 Å². The summed E-state index contributed by atoms with van der Waals surface area (Å²) < 4.78 is 0. The molecule has 0 saturated heterocycles. The van der Waals surface area contributed by atoms with E-state index in [1.165, 1.54) is 0 Å². The van der Waals surface area contributed by atoms with Gasteiger partial charge < -0.3 is 5.32 Å². The second-order valence-corrected chi connectivity index (χ2v) is 3.93. The highest BCUT2D eigenvalue weighted by Crippen LogP contribution is 2.20. The minimum atomic E-state index is 0.669. The molecule has 1 aromatic rings. The predicted molar refractivity (Wildman–Crippen MR) is 62.0 cm³/mol. The molecule has 0 aliphatic rings. The minimum absolute atomic E-state index is 0.669. The molecule has 0 radical (unpaired) electrons. The standard InChI is InChI=1S/C9H11Cl2NS/c10-8-2-1-7(9(11)5-8)6-12-3-4-13/h1-2,5,12-13H,3-4,6H2. The van der Waals surface area contributed by atoms with E-state index in [-0.39, 0.29) is 0 Å². The molecular weight excluding hydrogens is 225 g/mol. The van der Waals surface area contributed by atoms with Gasteiger partial charge in [-0.05, 0) is 17.7 Å². The van der Waals surface area contributed by atoms with Crippen molar-refractivity contribution >= 4 is 35.8 Å². The van der Waals surface area contributed by atoms with Crippen LogP contribution in [0.1, 0.15) is 5.56 Å². The molecule has 0 heterocycles. The summed E-state index contributed by atoms with van der Waals surface area (Å²) in [6, 6.07) is 5.52. The Hall–Kier alpha value is 0.110. The fourth-order valence-corrected chi connectivity index (χ4v) is 1.60. The van der Waals surface area contributed by atoms with Gasteiger partial charge in [0.05, 0.1) is 0 Å². The molecule has 0 spiro atoms. The highest BCUT2D eigenvalue weighted by atomic mass is 35.5. The minimum Gasteiger partial charge on any atom is -0.312 e. The number of benzene rings is 1. The van der Waals surface area contributed by atoms with Gasteiger partial charge in [0, 0.05) is 28.9 Å². The topological polar surface area (TPSA) is 12.0 Å². The largest absolute Gasteiger partial charge is 0.312 e. The second kappa shape index (κ2) is 5.76. The van der Waals surface area contributed by atoms with Gasteiger partial charge >= 0.3 is 0 Å². The lowest BCUT2D eigenvalue weighted by atomic mass is 10.2. The van der Waals surface area contributed by atoms with Crippen molar-refractivity contribution in [1.29, 1.82) is 0 Å². The Balaban J connectivity index is 2.56. The van der Waals surface area contributed by atoms with Crippen LogP contribution in [0.3, 0.4) is 0 Å². The lowest BCUT2D eigenvalue weighted by Crippen LogP contribution is -2.15. The second-order valence-electron chi connectivity index (χ2n) is 2.64. The van der Waals surface area contributed by atoms with Crippen LogP contribution in [0.15, 0.2) is 18.2 Å². The maximum absolute atomic E-state index is 5.96. The summed E-state index contributed by atoms with van der Waals surface area (Å²) >= 11 is 15.8. The van der Waals surface area contributed by atoms with Crippen molar-refractivity contribution in [2.75, 3.05) is 12.3 Å². The number of hydrogen-bond donors (Lipinski definition) is 2. The molecule has 0 aliphatic heterocycles. The van der Waals surface area contributed by atoms with Crippen molar-refractivity contribution < 1.29 is 0 Å². The molecule has 72 valence electrons. The highest BCUT2D eigenvalue weighted by Gasteiger charge is 1.99. The number of halogens is 2. The number of thiol groups is 1. The summed E-state index contributed by atoms with van der Waals surface area (Å²) in [5.41, 5.74) is 1.06. The van der Waals surface area contributed by atoms with E-state index < -0.39 is 0 Å². The first kappa shape index (κ1) is 11.2. The summed E-state index contributed by atoms with van der Waals surface area (Å²) in [7, 11) is 0. The zero-order chi connectivity index (χ0) is 9.68. The molecule has 0 aromatic heterocycles. The highest BCUT2D eigenvalue weighted by molar-refractivity contribution is 7.80. The Morgan fingerprint density at radius 3 is 2.69 bits per heavy atom. The first-order valence-corrected chi connectivity index (χ1v) is 5.38. The average molecular weight is 236 g/mol. The molecule has 0 amide bonds. The van der Waals surface area contributed by atoms with Crippen LogP contribution in [0.2, 0.25) is 10.0 Å². The normalized spacial score (nSPS) is 10.4. The van der Waals surface area contributed by atoms with Crippen LogP contribution in [0.4, 0.5) is 0 Å². The molecule has 1 nitrogen and oxygen atoms in total. The lowest BCUT2D eigenvalue weighted by molar-refractivity contribution is 0.733. The smallest absolute Gasteiger partial charge is 0.0465 e. The van der Waals surface area contributed by atoms with Crippen LogP contribution in [0.25, 0.3) is 0 Å². The fourth-order valence-electron chi connectivity index (χ4n) is 0.967. The molecule has 0 bridgehead atoms. The van der Waals surface area contributed by atoms with Crippen molar-refractivity contribution in [3.63, 3.8) is 0 Å². The van der Waals surface area contributed by atoms with E-state index in [4.69, 9.17) is 23.2 Å². The fraction of sp³-hybridized carbons (Fsp3) is 0.333. The average Bonchev–Trinajstić information content (AvgIpc) is 2.09. The molecule has 1 rings (SSSR count). The Morgan fingerprint density at radius 1 is 1.31 bits per heavy atom. The van der Waals surface area contributed by atoms with Gasteiger partial charge in [-0.2, -0.15) is 12.6 Å². The number of rotatable bonds is 4. The van der Waals surface area contributed by atoms with Crippen molar-refractivity contribution in [3.8, 4) is 0 Å². The first-order chi connectivity index (χ1) is 6.24. The van der Waals surface area contributed by atoms with Crippen LogP contribution in [-0.2, 0) is 6.54 Å². The van der Waals surface area contributed by atoms with Gasteiger partial charge in [0.15, 0.2) is 0 Å². The van der Waals surface area contributed by atoms with E-state index in [0.717, 1.165) is 24.4 Å². The van der Waals surface area contributed by atoms with E-state index in [2.05, 4.69) is 17.9 Å². The van der Waals surface area contributed by atoms with Crippen molar-refractivity contribution in [1.82, 2.24) is 5.32 Å². The summed E-state index contributed by atoms with van der Waals surface area (Å²) in [6.45, 7) is 1.64. The first-order valence-electron chi connectivity index (χ1n) is 3.99. The van der Waals surface area contributed by atoms with Crippen LogP contribution in [-0.4, -0.2) is 12.3 Å². The van der Waals surface area contributed by atoms with E-state index in [1.807, 2.05) is 12.1 Å². The molecular formula is C9H11Cl2NS. The van der Waals surface area contributed by atoms with Crippen LogP contribution >= 0.6 is 35.8 Å². The molecule has 0 unspecified atom stereocenters. The van der Waals surface area contributed by atoms with Gasteiger partial charge in [0.25, 0.3) is 0 Å². The molecule has 1 aromatic carbocycles. The summed E-state index contributed by atoms with van der Waals surface area (Å²) in [6.07, 6.45) is 0. The molecule has 0 fully saturated rings. The quantitative estimate of drug-likeness (QED) is 0.605. The monoisotopic (exact) mass is 235 g/mol. The SMILES string of the molecule is SCCNCc1ccc(Cl)cc1Cl. The van der Waals surface area contributed by atoms with Crippen LogP contribution in [0.5, 0.6) is 0 Å². The number of hydrogen-bond acceptors (Lipinski definition) is 2. The Bertz CT molecular complexity index is 278. The van der Waals surface area contributed by atoms with E-state index in [0.29, 0.717) is 10.0 Å². The molecule has 0 atom stereocenters. The summed E-state index contributed by atoms with van der Waals surface area (Å²) in [5.74, 6) is 0.825. The lowest BCUT2D eigenvalue weighted by Gasteiger charge is -2.05. The van der Waals surface area contributed by atoms with E-state index in [9.17, 15) is 0 Å². The molecule has 0 aliphatic carbocycles. The third kappa shape index (κ3) is 3.77. The zero-order valence-corrected chi connectivity index (χ0v) is 9.46. The van der Waals surface area contributed by atoms with Gasteiger partial charge in [-0.25, -0.2) is 0 Å². The maximum atomic E-state index is 5.96. The third-order valence-corrected chi connectivity index (χ3v) is 2.43. The summed E-state index contributed by atoms with van der Waals surface area (Å²) in [4.78, 5) is 0. The third-order valence-electron chi connectivity index (χ3n) is 1.62. The molecule has 13 heavy (non-hydrogen) atoms. The van der Waals surface area contributed by atoms with Gasteiger partial charge in [-0.3, -0.25) is 0 Å². The molecule has 4 heteroatoms. The number of nitrogens with one attached hydrogen (secondary N) is 1. The van der Waals surface area contributed by atoms with Crippen LogP contribution < -0.4 is 5.32 Å². The van der Waals surface area contributed by atoms with Gasteiger partial charge in [-0.1, -0.05) is 29.3 Å². The molecule has 1 N–H and O–H groups in total. The maximum Gasteiger partial charge on any atom is 0.0465 e. The summed E-state index contributed by atoms with van der Waals surface area (Å²) in [5, 5.41) is 4.58. The molecule has 0 saturated carbocycles.